The highest BCUT2D eigenvalue weighted by Gasteiger charge is 2.39. The second-order valence-corrected chi connectivity index (χ2v) is 9.32. The Morgan fingerprint density at radius 2 is 1.67 bits per heavy atom. The average Bonchev–Trinajstić information content (AvgIpc) is 2.72. The van der Waals surface area contributed by atoms with Crippen molar-refractivity contribution in [2.45, 2.75) is 52.1 Å². The molecule has 0 aliphatic carbocycles. The first-order valence-corrected chi connectivity index (χ1v) is 10.7. The Labute approximate surface area is 178 Å². The van der Waals surface area contributed by atoms with E-state index in [0.29, 0.717) is 0 Å². The van der Waals surface area contributed by atoms with Crippen LogP contribution in [0, 0.1) is 5.41 Å². The third-order valence-corrected chi connectivity index (χ3v) is 6.10. The Hall–Kier alpha value is -2.54. The third-order valence-electron chi connectivity index (χ3n) is 6.10. The van der Waals surface area contributed by atoms with Gasteiger partial charge in [-0.25, -0.2) is 10.3 Å². The van der Waals surface area contributed by atoms with Crippen LogP contribution >= 0.6 is 0 Å². The van der Waals surface area contributed by atoms with Gasteiger partial charge in [-0.1, -0.05) is 18.2 Å². The van der Waals surface area contributed by atoms with Crippen LogP contribution in [0.4, 0.5) is 10.5 Å². The SMILES string of the molecule is CC(C)(C)OC(=O)N1CCC2(CC1)CCN(c1ccccc1/C=C/C(=O)NO)CC2. The number of benzene rings is 1. The first kappa shape index (κ1) is 22.2. The first-order valence-electron chi connectivity index (χ1n) is 10.7. The lowest BCUT2D eigenvalue weighted by Gasteiger charge is -2.47. The van der Waals surface area contributed by atoms with Crippen LogP contribution in [-0.2, 0) is 9.53 Å². The highest BCUT2D eigenvalue weighted by Crippen LogP contribution is 2.42. The molecule has 0 aromatic heterocycles. The molecule has 1 spiro atoms. The number of ether oxygens (including phenoxy) is 1. The minimum Gasteiger partial charge on any atom is -0.444 e. The molecule has 2 aliphatic heterocycles. The number of carbonyl (C=O) groups is 2. The maximum atomic E-state index is 12.3. The van der Waals surface area contributed by atoms with Gasteiger partial charge in [0, 0.05) is 37.9 Å². The Morgan fingerprint density at radius 3 is 2.27 bits per heavy atom. The number of hydrogen-bond acceptors (Lipinski definition) is 5. The van der Waals surface area contributed by atoms with Gasteiger partial charge in [0.15, 0.2) is 0 Å². The van der Waals surface area contributed by atoms with Crippen LogP contribution < -0.4 is 10.4 Å². The molecule has 2 N–H and O–H groups in total. The summed E-state index contributed by atoms with van der Waals surface area (Å²) >= 11 is 0. The van der Waals surface area contributed by atoms with Crippen LogP contribution in [0.1, 0.15) is 52.0 Å². The topological polar surface area (TPSA) is 82.1 Å². The summed E-state index contributed by atoms with van der Waals surface area (Å²) in [4.78, 5) is 27.9. The minimum atomic E-state index is -0.542. The molecule has 2 heterocycles. The molecule has 0 unspecified atom stereocenters. The summed E-state index contributed by atoms with van der Waals surface area (Å²) in [6, 6.07) is 7.99. The first-order chi connectivity index (χ1) is 14.2. The monoisotopic (exact) mass is 415 g/mol. The van der Waals surface area contributed by atoms with Crippen LogP contribution in [-0.4, -0.2) is 53.9 Å². The predicted octanol–water partition coefficient (Wildman–Crippen LogP) is 3.82. The molecule has 2 fully saturated rings. The molecule has 0 atom stereocenters. The molecule has 0 saturated carbocycles. The maximum Gasteiger partial charge on any atom is 0.410 e. The van der Waals surface area contributed by atoms with E-state index < -0.39 is 11.5 Å². The van der Waals surface area contributed by atoms with Gasteiger partial charge in [0.25, 0.3) is 5.91 Å². The fraction of sp³-hybridized carbons (Fsp3) is 0.565. The highest BCUT2D eigenvalue weighted by molar-refractivity contribution is 5.91. The van der Waals surface area contributed by atoms with Crippen molar-refractivity contribution in [2.24, 2.45) is 5.41 Å². The lowest BCUT2D eigenvalue weighted by Crippen LogP contribution is -2.49. The quantitative estimate of drug-likeness (QED) is 0.446. The second kappa shape index (κ2) is 9.08. The summed E-state index contributed by atoms with van der Waals surface area (Å²) < 4.78 is 5.52. The van der Waals surface area contributed by atoms with Gasteiger partial charge in [-0.05, 0) is 69.6 Å². The van der Waals surface area contributed by atoms with E-state index in [1.165, 1.54) is 6.08 Å². The molecule has 1 aromatic carbocycles. The van der Waals surface area contributed by atoms with Gasteiger partial charge in [0.1, 0.15) is 5.60 Å². The van der Waals surface area contributed by atoms with Gasteiger partial charge in [0.05, 0.1) is 0 Å². The number of piperidine rings is 2. The van der Waals surface area contributed by atoms with E-state index in [1.807, 2.05) is 43.9 Å². The van der Waals surface area contributed by atoms with Crippen molar-refractivity contribution in [1.82, 2.24) is 10.4 Å². The fourth-order valence-corrected chi connectivity index (χ4v) is 4.33. The summed E-state index contributed by atoms with van der Waals surface area (Å²) in [5.74, 6) is -0.542. The zero-order chi connectivity index (χ0) is 21.8. The molecule has 0 bridgehead atoms. The van der Waals surface area contributed by atoms with E-state index in [1.54, 1.807) is 11.6 Å². The van der Waals surface area contributed by atoms with Crippen LogP contribution in [0.5, 0.6) is 0 Å². The van der Waals surface area contributed by atoms with E-state index >= 15 is 0 Å². The molecular formula is C23H33N3O4. The van der Waals surface area contributed by atoms with E-state index in [2.05, 4.69) is 11.0 Å². The Kier molecular flexibility index (Phi) is 6.71. The van der Waals surface area contributed by atoms with Gasteiger partial charge in [-0.3, -0.25) is 10.0 Å². The van der Waals surface area contributed by atoms with Crippen molar-refractivity contribution in [3.8, 4) is 0 Å². The van der Waals surface area contributed by atoms with Gasteiger partial charge in [-0.15, -0.1) is 0 Å². The Morgan fingerprint density at radius 1 is 1.07 bits per heavy atom. The van der Waals surface area contributed by atoms with E-state index in [0.717, 1.165) is 63.1 Å². The molecule has 30 heavy (non-hydrogen) atoms. The summed E-state index contributed by atoms with van der Waals surface area (Å²) in [6.45, 7) is 9.10. The van der Waals surface area contributed by atoms with E-state index in [-0.39, 0.29) is 11.5 Å². The van der Waals surface area contributed by atoms with Crippen molar-refractivity contribution >= 4 is 23.8 Å². The summed E-state index contributed by atoms with van der Waals surface area (Å²) in [5.41, 5.74) is 3.50. The Balaban J connectivity index is 1.58. The molecular weight excluding hydrogens is 382 g/mol. The largest absolute Gasteiger partial charge is 0.444 e. The van der Waals surface area contributed by atoms with Crippen molar-refractivity contribution in [2.75, 3.05) is 31.1 Å². The number of rotatable bonds is 3. The average molecular weight is 416 g/mol. The smallest absolute Gasteiger partial charge is 0.410 e. The third kappa shape index (κ3) is 5.53. The van der Waals surface area contributed by atoms with E-state index in [9.17, 15) is 9.59 Å². The minimum absolute atomic E-state index is 0.206. The lowest BCUT2D eigenvalue weighted by molar-refractivity contribution is -0.124. The number of likely N-dealkylation sites (tertiary alicyclic amines) is 1. The molecule has 2 aliphatic rings. The summed E-state index contributed by atoms with van der Waals surface area (Å²) in [6.07, 6.45) is 7.05. The fourth-order valence-electron chi connectivity index (χ4n) is 4.33. The molecule has 2 saturated heterocycles. The highest BCUT2D eigenvalue weighted by atomic mass is 16.6. The molecule has 0 radical (unpaired) electrons. The summed E-state index contributed by atoms with van der Waals surface area (Å²) in [5, 5.41) is 8.69. The van der Waals surface area contributed by atoms with Crippen LogP contribution in [0.15, 0.2) is 30.3 Å². The number of nitrogens with zero attached hydrogens (tertiary/aromatic N) is 2. The predicted molar refractivity (Wildman–Crippen MR) is 116 cm³/mol. The number of anilines is 1. The standard InChI is InChI=1S/C23H33N3O4/c1-22(2,3)30-21(28)26-16-12-23(13-17-26)10-14-25(15-11-23)19-7-5-4-6-18(19)8-9-20(27)24-29/h4-9,29H,10-17H2,1-3H3,(H,24,27)/b9-8+. The van der Waals surface area contributed by atoms with Gasteiger partial charge < -0.3 is 14.5 Å². The number of hydroxylamine groups is 1. The zero-order valence-corrected chi connectivity index (χ0v) is 18.2. The van der Waals surface area contributed by atoms with Crippen molar-refractivity contribution in [1.29, 1.82) is 0 Å². The van der Waals surface area contributed by atoms with Crippen molar-refractivity contribution in [3.63, 3.8) is 0 Å². The molecule has 2 amide bonds. The van der Waals surface area contributed by atoms with Crippen LogP contribution in [0.3, 0.4) is 0 Å². The van der Waals surface area contributed by atoms with E-state index in [4.69, 9.17) is 9.94 Å². The number of nitrogens with one attached hydrogen (secondary N) is 1. The Bertz CT molecular complexity index is 782. The molecule has 3 rings (SSSR count). The maximum absolute atomic E-state index is 12.3. The number of carbonyl (C=O) groups excluding carboxylic acids is 2. The second-order valence-electron chi connectivity index (χ2n) is 9.32. The van der Waals surface area contributed by atoms with Gasteiger partial charge in [0.2, 0.25) is 0 Å². The zero-order valence-electron chi connectivity index (χ0n) is 18.2. The van der Waals surface area contributed by atoms with Gasteiger partial charge in [-0.2, -0.15) is 0 Å². The molecule has 1 aromatic rings. The van der Waals surface area contributed by atoms with Crippen molar-refractivity contribution < 1.29 is 19.5 Å². The van der Waals surface area contributed by atoms with Gasteiger partial charge >= 0.3 is 6.09 Å². The van der Waals surface area contributed by atoms with Crippen LogP contribution in [0.25, 0.3) is 6.08 Å². The molecule has 7 nitrogen and oxygen atoms in total. The van der Waals surface area contributed by atoms with Crippen LogP contribution in [0.2, 0.25) is 0 Å². The molecule has 164 valence electrons. The van der Waals surface area contributed by atoms with Crippen molar-refractivity contribution in [3.05, 3.63) is 35.9 Å². The summed E-state index contributed by atoms with van der Waals surface area (Å²) in [7, 11) is 0. The lowest BCUT2D eigenvalue weighted by atomic mass is 9.71. The molecule has 7 heteroatoms. The number of para-hydroxylation sites is 1. The number of hydrogen-bond donors (Lipinski definition) is 2. The normalized spacial score (nSPS) is 19.2. The number of amides is 2.